The van der Waals surface area contributed by atoms with E-state index in [0.717, 1.165) is 37.9 Å². The summed E-state index contributed by atoms with van der Waals surface area (Å²) in [6.45, 7) is 2.24. The first-order valence-corrected chi connectivity index (χ1v) is 8.39. The molecular weight excluding hydrogens is 454 g/mol. The van der Waals surface area contributed by atoms with Gasteiger partial charge in [0.25, 0.3) is 0 Å². The molecule has 1 aromatic heterocycles. The van der Waals surface area contributed by atoms with Crippen LogP contribution in [-0.2, 0) is 11.3 Å². The Bertz CT molecular complexity index is 563. The molecule has 0 aliphatic rings. The number of nitrogens with zero attached hydrogens (tertiary/aromatic N) is 2. The fourth-order valence-electron chi connectivity index (χ4n) is 1.72. The second-order valence-corrected chi connectivity index (χ2v) is 6.76. The van der Waals surface area contributed by atoms with Crippen LogP contribution in [0.2, 0.25) is 0 Å². The summed E-state index contributed by atoms with van der Waals surface area (Å²) < 4.78 is 9.80. The zero-order chi connectivity index (χ0) is 14.5. The number of aromatic nitrogens is 2. The molecule has 0 bridgehead atoms. The summed E-state index contributed by atoms with van der Waals surface area (Å²) in [5.41, 5.74) is 1.97. The second-order valence-electron chi connectivity index (χ2n) is 4.14. The van der Waals surface area contributed by atoms with Crippen LogP contribution in [0.25, 0.3) is 5.69 Å². The van der Waals surface area contributed by atoms with Crippen molar-refractivity contribution in [1.29, 1.82) is 0 Å². The fraction of sp³-hybridized carbons (Fsp3) is 0.308. The molecule has 20 heavy (non-hydrogen) atoms. The summed E-state index contributed by atoms with van der Waals surface area (Å²) in [6.07, 6.45) is 1.95. The molecule has 0 fully saturated rings. The minimum absolute atomic E-state index is 0.699. The van der Waals surface area contributed by atoms with Crippen molar-refractivity contribution >= 4 is 47.8 Å². The standard InChI is InChI=1S/C13H14Br3N3O/c1-20-5-3-17-8-10-2-4-19(18-10)13-11(15)6-9(14)7-12(13)16/h2,4,6-7,17H,3,5,8H2,1H3. The molecule has 0 amide bonds. The lowest BCUT2D eigenvalue weighted by molar-refractivity contribution is 0.199. The molecule has 7 heteroatoms. The molecule has 2 aromatic rings. The van der Waals surface area contributed by atoms with E-state index in [9.17, 15) is 0 Å². The number of ether oxygens (including phenoxy) is 1. The van der Waals surface area contributed by atoms with Crippen molar-refractivity contribution in [3.05, 3.63) is 43.5 Å². The molecule has 0 unspecified atom stereocenters. The number of rotatable bonds is 6. The van der Waals surface area contributed by atoms with Crippen molar-refractivity contribution in [1.82, 2.24) is 15.1 Å². The summed E-state index contributed by atoms with van der Waals surface area (Å²) in [6, 6.07) is 6.00. The quantitative estimate of drug-likeness (QED) is 0.655. The average Bonchev–Trinajstić information content (AvgIpc) is 2.82. The van der Waals surface area contributed by atoms with Crippen molar-refractivity contribution < 1.29 is 4.74 Å². The minimum atomic E-state index is 0.699. The third-order valence-corrected chi connectivity index (χ3v) is 4.31. The molecule has 0 spiro atoms. The molecular formula is C13H14Br3N3O. The molecule has 0 atom stereocenters. The lowest BCUT2D eigenvalue weighted by Gasteiger charge is -2.08. The Kier molecular flexibility index (Phi) is 6.22. The van der Waals surface area contributed by atoms with Gasteiger partial charge in [0.2, 0.25) is 0 Å². The summed E-state index contributed by atoms with van der Waals surface area (Å²) >= 11 is 10.6. The third kappa shape index (κ3) is 4.14. The van der Waals surface area contributed by atoms with E-state index in [1.54, 1.807) is 7.11 Å². The van der Waals surface area contributed by atoms with Gasteiger partial charge >= 0.3 is 0 Å². The lowest BCUT2D eigenvalue weighted by atomic mass is 10.3. The molecule has 0 aliphatic heterocycles. The van der Waals surface area contributed by atoms with Gasteiger partial charge in [-0.15, -0.1) is 0 Å². The van der Waals surface area contributed by atoms with E-state index in [0.29, 0.717) is 6.61 Å². The molecule has 0 radical (unpaired) electrons. The molecule has 1 aromatic carbocycles. The first-order chi connectivity index (χ1) is 9.61. The van der Waals surface area contributed by atoms with Crippen LogP contribution in [0.5, 0.6) is 0 Å². The van der Waals surface area contributed by atoms with Gasteiger partial charge in [0.05, 0.1) is 18.0 Å². The zero-order valence-corrected chi connectivity index (χ0v) is 15.6. The number of benzene rings is 1. The van der Waals surface area contributed by atoms with Gasteiger partial charge < -0.3 is 10.1 Å². The van der Waals surface area contributed by atoms with E-state index < -0.39 is 0 Å². The van der Waals surface area contributed by atoms with Crippen LogP contribution in [0.1, 0.15) is 5.69 Å². The third-order valence-electron chi connectivity index (χ3n) is 2.64. The summed E-state index contributed by atoms with van der Waals surface area (Å²) in [5, 5.41) is 7.84. The summed E-state index contributed by atoms with van der Waals surface area (Å²) in [7, 11) is 1.69. The normalized spacial score (nSPS) is 11.0. The molecule has 1 N–H and O–H groups in total. The molecule has 0 aliphatic carbocycles. The van der Waals surface area contributed by atoms with Crippen LogP contribution in [0, 0.1) is 0 Å². The largest absolute Gasteiger partial charge is 0.383 e. The van der Waals surface area contributed by atoms with Crippen molar-refractivity contribution in [3.8, 4) is 5.69 Å². The van der Waals surface area contributed by atoms with E-state index in [2.05, 4.69) is 58.2 Å². The number of hydrogen-bond acceptors (Lipinski definition) is 3. The van der Waals surface area contributed by atoms with Gasteiger partial charge in [-0.2, -0.15) is 5.10 Å². The van der Waals surface area contributed by atoms with Crippen molar-refractivity contribution in [2.45, 2.75) is 6.54 Å². The predicted octanol–water partition coefficient (Wildman–Crippen LogP) is 3.90. The smallest absolute Gasteiger partial charge is 0.0930 e. The molecule has 2 rings (SSSR count). The van der Waals surface area contributed by atoms with Gasteiger partial charge in [-0.05, 0) is 50.1 Å². The van der Waals surface area contributed by atoms with Gasteiger partial charge in [-0.3, -0.25) is 0 Å². The van der Waals surface area contributed by atoms with Crippen LogP contribution in [0.4, 0.5) is 0 Å². The van der Waals surface area contributed by atoms with Crippen molar-refractivity contribution in [2.24, 2.45) is 0 Å². The highest BCUT2D eigenvalue weighted by Crippen LogP contribution is 2.32. The topological polar surface area (TPSA) is 39.1 Å². The van der Waals surface area contributed by atoms with Gasteiger partial charge in [0.15, 0.2) is 0 Å². The Labute approximate surface area is 143 Å². The van der Waals surface area contributed by atoms with Crippen LogP contribution < -0.4 is 5.32 Å². The van der Waals surface area contributed by atoms with Gasteiger partial charge in [-0.25, -0.2) is 4.68 Å². The van der Waals surface area contributed by atoms with Gasteiger partial charge in [0.1, 0.15) is 0 Å². The first-order valence-electron chi connectivity index (χ1n) is 6.01. The number of hydrogen-bond donors (Lipinski definition) is 1. The van der Waals surface area contributed by atoms with Gasteiger partial charge in [0, 0.05) is 39.8 Å². The maximum Gasteiger partial charge on any atom is 0.0930 e. The fourth-order valence-corrected chi connectivity index (χ4v) is 4.35. The average molecular weight is 468 g/mol. The summed E-state index contributed by atoms with van der Waals surface area (Å²) in [4.78, 5) is 0. The van der Waals surface area contributed by atoms with E-state index in [1.165, 1.54) is 0 Å². The highest BCUT2D eigenvalue weighted by Gasteiger charge is 2.10. The van der Waals surface area contributed by atoms with Gasteiger partial charge in [-0.1, -0.05) is 15.9 Å². The SMILES string of the molecule is COCCNCc1ccn(-c2c(Br)cc(Br)cc2Br)n1. The van der Waals surface area contributed by atoms with Crippen LogP contribution >= 0.6 is 47.8 Å². The molecule has 0 saturated carbocycles. The maximum absolute atomic E-state index is 4.99. The Balaban J connectivity index is 2.13. The highest BCUT2D eigenvalue weighted by molar-refractivity contribution is 9.11. The van der Waals surface area contributed by atoms with Crippen molar-refractivity contribution in [3.63, 3.8) is 0 Å². The first kappa shape index (κ1) is 16.2. The van der Waals surface area contributed by atoms with E-state index >= 15 is 0 Å². The Morgan fingerprint density at radius 2 is 1.95 bits per heavy atom. The van der Waals surface area contributed by atoms with E-state index in [4.69, 9.17) is 4.74 Å². The van der Waals surface area contributed by atoms with E-state index in [-0.39, 0.29) is 0 Å². The number of nitrogens with one attached hydrogen (secondary N) is 1. The number of halogens is 3. The predicted molar refractivity (Wildman–Crippen MR) is 90.2 cm³/mol. The van der Waals surface area contributed by atoms with Crippen molar-refractivity contribution in [2.75, 3.05) is 20.3 Å². The van der Waals surface area contributed by atoms with Crippen LogP contribution in [0.3, 0.4) is 0 Å². The van der Waals surface area contributed by atoms with Crippen LogP contribution in [-0.4, -0.2) is 30.0 Å². The maximum atomic E-state index is 4.99. The lowest BCUT2D eigenvalue weighted by Crippen LogP contribution is -2.18. The molecule has 1 heterocycles. The Morgan fingerprint density at radius 3 is 2.60 bits per heavy atom. The van der Waals surface area contributed by atoms with Crippen LogP contribution in [0.15, 0.2) is 37.8 Å². The van der Waals surface area contributed by atoms with E-state index in [1.807, 2.05) is 29.1 Å². The monoisotopic (exact) mass is 465 g/mol. The Morgan fingerprint density at radius 1 is 1.25 bits per heavy atom. The molecule has 4 nitrogen and oxygen atoms in total. The zero-order valence-electron chi connectivity index (χ0n) is 10.9. The highest BCUT2D eigenvalue weighted by atomic mass is 79.9. The molecule has 108 valence electrons. The minimum Gasteiger partial charge on any atom is -0.383 e. The Hall–Kier alpha value is -0.210. The number of methoxy groups -OCH3 is 1. The molecule has 0 saturated heterocycles. The second kappa shape index (κ2) is 7.70. The summed E-state index contributed by atoms with van der Waals surface area (Å²) in [5.74, 6) is 0.